The number of halogens is 1. The summed E-state index contributed by atoms with van der Waals surface area (Å²) in [7, 11) is 0. The number of hydrogen-bond acceptors (Lipinski definition) is 3. The van der Waals surface area contributed by atoms with Gasteiger partial charge < -0.3 is 9.47 Å². The summed E-state index contributed by atoms with van der Waals surface area (Å²) < 4.78 is 12.0. The van der Waals surface area contributed by atoms with Crippen LogP contribution >= 0.6 is 15.9 Å². The summed E-state index contributed by atoms with van der Waals surface area (Å²) in [6.07, 6.45) is 1.67. The minimum absolute atomic E-state index is 0.0413. The molecule has 1 aliphatic rings. The summed E-state index contributed by atoms with van der Waals surface area (Å²) in [5, 5.41) is 0. The fourth-order valence-corrected chi connectivity index (χ4v) is 2.38. The number of benzene rings is 1. The molecule has 0 amide bonds. The van der Waals surface area contributed by atoms with Gasteiger partial charge in [-0.1, -0.05) is 28.1 Å². The van der Waals surface area contributed by atoms with Gasteiger partial charge in [0.1, 0.15) is 6.10 Å². The van der Waals surface area contributed by atoms with Crippen LogP contribution in [-0.2, 0) is 9.47 Å². The Morgan fingerprint density at radius 2 is 2.00 bits per heavy atom. The van der Waals surface area contributed by atoms with Crippen LogP contribution in [0.2, 0.25) is 0 Å². The molecule has 0 aromatic heterocycles. The van der Waals surface area contributed by atoms with Crippen LogP contribution in [0.15, 0.2) is 28.7 Å². The number of carbonyl (C=O) groups excluding carboxylic acids is 1. The van der Waals surface area contributed by atoms with E-state index in [0.29, 0.717) is 18.1 Å². The van der Waals surface area contributed by atoms with Gasteiger partial charge >= 0.3 is 0 Å². The van der Waals surface area contributed by atoms with Crippen molar-refractivity contribution >= 4 is 21.7 Å². The molecule has 1 aliphatic heterocycles. The maximum atomic E-state index is 12.2. The average molecular weight is 327 g/mol. The molecule has 0 N–H and O–H groups in total. The Morgan fingerprint density at radius 3 is 2.63 bits per heavy atom. The van der Waals surface area contributed by atoms with E-state index in [1.807, 2.05) is 31.2 Å². The number of rotatable bonds is 5. The van der Waals surface area contributed by atoms with Gasteiger partial charge in [0.25, 0.3) is 0 Å². The van der Waals surface area contributed by atoms with E-state index in [4.69, 9.17) is 9.47 Å². The Hall–Kier alpha value is -0.710. The van der Waals surface area contributed by atoms with Gasteiger partial charge in [0.05, 0.1) is 6.61 Å². The molecule has 3 nitrogen and oxygen atoms in total. The van der Waals surface area contributed by atoms with Crippen LogP contribution in [0.3, 0.4) is 0 Å². The van der Waals surface area contributed by atoms with E-state index >= 15 is 0 Å². The fraction of sp³-hybridized carbons (Fsp3) is 0.533. The third kappa shape index (κ3) is 4.41. The van der Waals surface area contributed by atoms with Gasteiger partial charge in [0.2, 0.25) is 0 Å². The van der Waals surface area contributed by atoms with Crippen molar-refractivity contribution in [3.05, 3.63) is 34.3 Å². The number of hydrogen-bond donors (Lipinski definition) is 0. The van der Waals surface area contributed by atoms with E-state index in [2.05, 4.69) is 15.9 Å². The second-order valence-corrected chi connectivity index (χ2v) is 5.82. The lowest BCUT2D eigenvalue weighted by Crippen LogP contribution is -2.26. The zero-order chi connectivity index (χ0) is 13.7. The first-order valence-corrected chi connectivity index (χ1v) is 7.45. The smallest absolute Gasteiger partial charge is 0.191 e. The van der Waals surface area contributed by atoms with E-state index in [1.165, 1.54) is 0 Å². The lowest BCUT2D eigenvalue weighted by atomic mass is 10.0. The highest BCUT2D eigenvalue weighted by Crippen LogP contribution is 2.17. The monoisotopic (exact) mass is 326 g/mol. The molecule has 2 rings (SSSR count). The number of ketones is 1. The highest BCUT2D eigenvalue weighted by Gasteiger charge is 2.19. The minimum atomic E-state index is -0.385. The standard InChI is InChI=1S/C15H19BrO3/c1-11(19-10-12-6-8-18-9-7-12)15(17)13-2-4-14(16)5-3-13/h2-5,11-12H,6-10H2,1H3. The first-order valence-electron chi connectivity index (χ1n) is 6.66. The van der Waals surface area contributed by atoms with Crippen LogP contribution in [0.25, 0.3) is 0 Å². The molecule has 19 heavy (non-hydrogen) atoms. The molecule has 0 bridgehead atoms. The predicted octanol–water partition coefficient (Wildman–Crippen LogP) is 3.46. The van der Waals surface area contributed by atoms with Crippen molar-refractivity contribution in [2.45, 2.75) is 25.9 Å². The Kier molecular flexibility index (Phi) is 5.55. The van der Waals surface area contributed by atoms with Crippen molar-refractivity contribution in [2.75, 3.05) is 19.8 Å². The summed E-state index contributed by atoms with van der Waals surface area (Å²) in [5.41, 5.74) is 0.697. The van der Waals surface area contributed by atoms with Crippen LogP contribution in [-0.4, -0.2) is 31.7 Å². The quantitative estimate of drug-likeness (QED) is 0.777. The second kappa shape index (κ2) is 7.17. The first kappa shape index (κ1) is 14.7. The van der Waals surface area contributed by atoms with Gasteiger partial charge in [0, 0.05) is 23.2 Å². The van der Waals surface area contributed by atoms with Gasteiger partial charge in [-0.25, -0.2) is 0 Å². The maximum absolute atomic E-state index is 12.2. The van der Waals surface area contributed by atoms with Gasteiger partial charge in [-0.15, -0.1) is 0 Å². The van der Waals surface area contributed by atoms with Crippen LogP contribution < -0.4 is 0 Å². The van der Waals surface area contributed by atoms with Gasteiger partial charge in [-0.3, -0.25) is 4.79 Å². The summed E-state index contributed by atoms with van der Waals surface area (Å²) in [6, 6.07) is 7.39. The van der Waals surface area contributed by atoms with Gasteiger partial charge in [0.15, 0.2) is 5.78 Å². The highest BCUT2D eigenvalue weighted by molar-refractivity contribution is 9.10. The van der Waals surface area contributed by atoms with Crippen LogP contribution in [0.4, 0.5) is 0 Å². The molecule has 4 heteroatoms. The van der Waals surface area contributed by atoms with E-state index in [-0.39, 0.29) is 11.9 Å². The molecule has 104 valence electrons. The molecular formula is C15H19BrO3. The minimum Gasteiger partial charge on any atom is -0.381 e. The molecule has 1 heterocycles. The maximum Gasteiger partial charge on any atom is 0.191 e. The number of carbonyl (C=O) groups is 1. The van der Waals surface area contributed by atoms with Crippen molar-refractivity contribution in [1.29, 1.82) is 0 Å². The van der Waals surface area contributed by atoms with Crippen LogP contribution in [0.5, 0.6) is 0 Å². The largest absolute Gasteiger partial charge is 0.381 e. The van der Waals surface area contributed by atoms with Gasteiger partial charge in [-0.05, 0) is 37.8 Å². The summed E-state index contributed by atoms with van der Waals surface area (Å²) in [4.78, 5) is 12.2. The second-order valence-electron chi connectivity index (χ2n) is 4.90. The lowest BCUT2D eigenvalue weighted by Gasteiger charge is -2.23. The Bertz CT molecular complexity index is 410. The van der Waals surface area contributed by atoms with E-state index in [9.17, 15) is 4.79 Å². The molecule has 1 saturated heterocycles. The normalized spacial score (nSPS) is 18.2. The van der Waals surface area contributed by atoms with Crippen molar-refractivity contribution in [3.8, 4) is 0 Å². The Morgan fingerprint density at radius 1 is 1.37 bits per heavy atom. The van der Waals surface area contributed by atoms with E-state index < -0.39 is 0 Å². The van der Waals surface area contributed by atoms with Crippen molar-refractivity contribution in [3.63, 3.8) is 0 Å². The van der Waals surface area contributed by atoms with E-state index in [0.717, 1.165) is 30.5 Å². The van der Waals surface area contributed by atoms with Crippen LogP contribution in [0.1, 0.15) is 30.1 Å². The molecule has 0 aliphatic carbocycles. The third-order valence-electron chi connectivity index (χ3n) is 3.42. The first-order chi connectivity index (χ1) is 9.16. The predicted molar refractivity (Wildman–Crippen MR) is 77.4 cm³/mol. The molecule has 1 atom stereocenters. The summed E-state index contributed by atoms with van der Waals surface area (Å²) in [5.74, 6) is 0.563. The topological polar surface area (TPSA) is 35.5 Å². The summed E-state index contributed by atoms with van der Waals surface area (Å²) in [6.45, 7) is 4.09. The third-order valence-corrected chi connectivity index (χ3v) is 3.95. The SMILES string of the molecule is CC(OCC1CCOCC1)C(=O)c1ccc(Br)cc1. The number of Topliss-reactive ketones (excluding diaryl/α,β-unsaturated/α-hetero) is 1. The van der Waals surface area contributed by atoms with Crippen molar-refractivity contribution < 1.29 is 14.3 Å². The molecule has 1 fully saturated rings. The Labute approximate surface area is 122 Å². The molecule has 0 radical (unpaired) electrons. The zero-order valence-corrected chi connectivity index (χ0v) is 12.7. The molecule has 1 aromatic rings. The molecule has 1 unspecified atom stereocenters. The highest BCUT2D eigenvalue weighted by atomic mass is 79.9. The molecule has 0 saturated carbocycles. The van der Waals surface area contributed by atoms with Crippen molar-refractivity contribution in [1.82, 2.24) is 0 Å². The molecule has 1 aromatic carbocycles. The average Bonchev–Trinajstić information content (AvgIpc) is 2.46. The fourth-order valence-electron chi connectivity index (χ4n) is 2.12. The zero-order valence-electron chi connectivity index (χ0n) is 11.1. The van der Waals surface area contributed by atoms with Gasteiger partial charge in [-0.2, -0.15) is 0 Å². The summed E-state index contributed by atoms with van der Waals surface area (Å²) >= 11 is 3.36. The number of ether oxygens (including phenoxy) is 2. The Balaban J connectivity index is 1.83. The van der Waals surface area contributed by atoms with Crippen molar-refractivity contribution in [2.24, 2.45) is 5.92 Å². The molecule has 0 spiro atoms. The molecular weight excluding hydrogens is 308 g/mol. The lowest BCUT2D eigenvalue weighted by molar-refractivity contribution is -0.000214. The van der Waals surface area contributed by atoms with E-state index in [1.54, 1.807) is 0 Å². The van der Waals surface area contributed by atoms with Crippen LogP contribution in [0, 0.1) is 5.92 Å².